The van der Waals surface area contributed by atoms with Crippen LogP contribution in [0.25, 0.3) is 0 Å². The molecular formula is C8H17NO4. The van der Waals surface area contributed by atoms with Gasteiger partial charge in [0, 0.05) is 13.7 Å². The van der Waals surface area contributed by atoms with E-state index in [1.54, 1.807) is 18.9 Å². The largest absolute Gasteiger partial charge is 0.480 e. The summed E-state index contributed by atoms with van der Waals surface area (Å²) in [7, 11) is 3.14. The molecule has 78 valence electrons. The topological polar surface area (TPSA) is 70.0 Å². The van der Waals surface area contributed by atoms with Gasteiger partial charge in [0.05, 0.1) is 12.7 Å². The van der Waals surface area contributed by atoms with E-state index in [4.69, 9.17) is 9.84 Å². The van der Waals surface area contributed by atoms with E-state index in [1.807, 2.05) is 0 Å². The van der Waals surface area contributed by atoms with Crippen molar-refractivity contribution in [3.8, 4) is 0 Å². The molecule has 2 atom stereocenters. The maximum Gasteiger partial charge on any atom is 0.320 e. The second-order valence-electron chi connectivity index (χ2n) is 3.06. The van der Waals surface area contributed by atoms with Crippen molar-refractivity contribution in [2.24, 2.45) is 0 Å². The van der Waals surface area contributed by atoms with Crippen LogP contribution in [-0.4, -0.2) is 60.5 Å². The number of carboxylic acids is 1. The molecule has 0 bridgehead atoms. The van der Waals surface area contributed by atoms with Gasteiger partial charge in [0.25, 0.3) is 0 Å². The second kappa shape index (κ2) is 5.90. The third-order valence-corrected chi connectivity index (χ3v) is 1.88. The molecule has 0 aromatic heterocycles. The lowest BCUT2D eigenvalue weighted by Crippen LogP contribution is -2.41. The van der Waals surface area contributed by atoms with Crippen LogP contribution < -0.4 is 0 Å². The first-order valence-electron chi connectivity index (χ1n) is 4.09. The summed E-state index contributed by atoms with van der Waals surface area (Å²) < 4.78 is 4.72. The number of hydrogen-bond donors (Lipinski definition) is 2. The summed E-state index contributed by atoms with van der Waals surface area (Å²) in [6.07, 6.45) is -0.642. The quantitative estimate of drug-likeness (QED) is 0.586. The van der Waals surface area contributed by atoms with Gasteiger partial charge in [-0.15, -0.1) is 0 Å². The Morgan fingerprint density at radius 1 is 1.62 bits per heavy atom. The molecule has 0 rings (SSSR count). The van der Waals surface area contributed by atoms with Crippen molar-refractivity contribution in [3.05, 3.63) is 0 Å². The van der Waals surface area contributed by atoms with Crippen LogP contribution in [0.15, 0.2) is 0 Å². The van der Waals surface area contributed by atoms with Crippen molar-refractivity contribution in [3.63, 3.8) is 0 Å². The molecule has 0 aliphatic carbocycles. The molecule has 0 amide bonds. The Kier molecular flexibility index (Phi) is 5.61. The maximum absolute atomic E-state index is 10.5. The SMILES string of the molecule is COCC(O)CN(C)C(C)C(=O)O. The number of carbonyl (C=O) groups is 1. The van der Waals surface area contributed by atoms with Crippen LogP contribution in [0.4, 0.5) is 0 Å². The van der Waals surface area contributed by atoms with Gasteiger partial charge in [-0.25, -0.2) is 0 Å². The van der Waals surface area contributed by atoms with E-state index in [9.17, 15) is 9.90 Å². The van der Waals surface area contributed by atoms with Crippen LogP contribution in [0.1, 0.15) is 6.92 Å². The van der Waals surface area contributed by atoms with Gasteiger partial charge in [-0.1, -0.05) is 0 Å². The Hall–Kier alpha value is -0.650. The third-order valence-electron chi connectivity index (χ3n) is 1.88. The van der Waals surface area contributed by atoms with Gasteiger partial charge < -0.3 is 14.9 Å². The van der Waals surface area contributed by atoms with Gasteiger partial charge in [0.15, 0.2) is 0 Å². The second-order valence-corrected chi connectivity index (χ2v) is 3.06. The zero-order valence-electron chi connectivity index (χ0n) is 8.23. The Morgan fingerprint density at radius 2 is 2.15 bits per heavy atom. The highest BCUT2D eigenvalue weighted by Gasteiger charge is 2.18. The van der Waals surface area contributed by atoms with Crippen molar-refractivity contribution in [2.75, 3.05) is 27.3 Å². The predicted molar refractivity (Wildman–Crippen MR) is 47.6 cm³/mol. The van der Waals surface area contributed by atoms with Crippen LogP contribution >= 0.6 is 0 Å². The van der Waals surface area contributed by atoms with Gasteiger partial charge in [-0.3, -0.25) is 9.69 Å². The summed E-state index contributed by atoms with van der Waals surface area (Å²) in [5.41, 5.74) is 0. The average molecular weight is 191 g/mol. The summed E-state index contributed by atoms with van der Waals surface area (Å²) in [5, 5.41) is 17.9. The Bertz CT molecular complexity index is 162. The average Bonchev–Trinajstić information content (AvgIpc) is 2.03. The van der Waals surface area contributed by atoms with E-state index in [-0.39, 0.29) is 6.61 Å². The molecule has 0 aromatic carbocycles. The molecule has 0 heterocycles. The van der Waals surface area contributed by atoms with Crippen LogP contribution in [-0.2, 0) is 9.53 Å². The molecule has 2 N–H and O–H groups in total. The number of likely N-dealkylation sites (N-methyl/N-ethyl adjacent to an activating group) is 1. The molecule has 5 nitrogen and oxygen atoms in total. The highest BCUT2D eigenvalue weighted by atomic mass is 16.5. The number of rotatable bonds is 6. The molecule has 0 aliphatic rings. The van der Waals surface area contributed by atoms with Crippen molar-refractivity contribution in [1.82, 2.24) is 4.90 Å². The van der Waals surface area contributed by atoms with Gasteiger partial charge in [0.2, 0.25) is 0 Å². The fraction of sp³-hybridized carbons (Fsp3) is 0.875. The highest BCUT2D eigenvalue weighted by molar-refractivity contribution is 5.72. The molecule has 0 aliphatic heterocycles. The number of aliphatic carboxylic acids is 1. The van der Waals surface area contributed by atoms with E-state index in [1.165, 1.54) is 7.11 Å². The molecule has 0 spiro atoms. The minimum Gasteiger partial charge on any atom is -0.480 e. The monoisotopic (exact) mass is 191 g/mol. The van der Waals surface area contributed by atoms with Gasteiger partial charge in [-0.05, 0) is 14.0 Å². The maximum atomic E-state index is 10.5. The molecule has 0 fully saturated rings. The van der Waals surface area contributed by atoms with E-state index < -0.39 is 18.1 Å². The van der Waals surface area contributed by atoms with Crippen molar-refractivity contribution < 1.29 is 19.7 Å². The van der Waals surface area contributed by atoms with Crippen molar-refractivity contribution in [2.45, 2.75) is 19.1 Å². The number of nitrogens with zero attached hydrogens (tertiary/aromatic N) is 1. The lowest BCUT2D eigenvalue weighted by atomic mass is 10.2. The summed E-state index contributed by atoms with van der Waals surface area (Å²) in [6.45, 7) is 2.08. The normalized spacial score (nSPS) is 15.8. The molecule has 2 unspecified atom stereocenters. The van der Waals surface area contributed by atoms with Gasteiger partial charge >= 0.3 is 5.97 Å². The van der Waals surface area contributed by atoms with Crippen LogP contribution in [0, 0.1) is 0 Å². The first-order valence-corrected chi connectivity index (χ1v) is 4.09. The Balaban J connectivity index is 3.84. The smallest absolute Gasteiger partial charge is 0.320 e. The van der Waals surface area contributed by atoms with Gasteiger partial charge in [-0.2, -0.15) is 0 Å². The van der Waals surface area contributed by atoms with Crippen LogP contribution in [0.3, 0.4) is 0 Å². The Labute approximate surface area is 77.9 Å². The lowest BCUT2D eigenvalue weighted by molar-refractivity contribution is -0.142. The zero-order chi connectivity index (χ0) is 10.4. The summed E-state index contributed by atoms with van der Waals surface area (Å²) in [6, 6.07) is -0.591. The lowest BCUT2D eigenvalue weighted by Gasteiger charge is -2.23. The number of hydrogen-bond acceptors (Lipinski definition) is 4. The standard InChI is InChI=1S/C8H17NO4/c1-6(8(11)12)9(2)4-7(10)5-13-3/h6-7,10H,4-5H2,1-3H3,(H,11,12). The predicted octanol–water partition coefficient (Wildman–Crippen LogP) is -0.601. The minimum absolute atomic E-state index is 0.219. The third kappa shape index (κ3) is 4.82. The molecule has 0 saturated heterocycles. The summed E-state index contributed by atoms with van der Waals surface area (Å²) in [5.74, 6) is -0.896. The fourth-order valence-corrected chi connectivity index (χ4v) is 0.924. The summed E-state index contributed by atoms with van der Waals surface area (Å²) in [4.78, 5) is 12.1. The molecule has 5 heteroatoms. The number of carboxylic acid groups (broad SMARTS) is 1. The molecule has 13 heavy (non-hydrogen) atoms. The van der Waals surface area contributed by atoms with E-state index >= 15 is 0 Å². The summed E-state index contributed by atoms with van der Waals surface area (Å²) >= 11 is 0. The molecule has 0 aromatic rings. The fourth-order valence-electron chi connectivity index (χ4n) is 0.924. The zero-order valence-corrected chi connectivity index (χ0v) is 8.23. The van der Waals surface area contributed by atoms with Crippen LogP contribution in [0.5, 0.6) is 0 Å². The molecular weight excluding hydrogens is 174 g/mol. The number of aliphatic hydroxyl groups is 1. The first-order chi connectivity index (χ1) is 5.99. The highest BCUT2D eigenvalue weighted by Crippen LogP contribution is 1.97. The van der Waals surface area contributed by atoms with E-state index in [0.717, 1.165) is 0 Å². The van der Waals surface area contributed by atoms with Crippen molar-refractivity contribution >= 4 is 5.97 Å². The number of aliphatic hydroxyl groups excluding tert-OH is 1. The van der Waals surface area contributed by atoms with Crippen molar-refractivity contribution in [1.29, 1.82) is 0 Å². The van der Waals surface area contributed by atoms with E-state index in [0.29, 0.717) is 6.54 Å². The number of ether oxygens (including phenoxy) is 1. The minimum atomic E-state index is -0.896. The van der Waals surface area contributed by atoms with Gasteiger partial charge in [0.1, 0.15) is 6.04 Å². The molecule has 0 radical (unpaired) electrons. The Morgan fingerprint density at radius 3 is 2.54 bits per heavy atom. The molecule has 0 saturated carbocycles. The van der Waals surface area contributed by atoms with Crippen LogP contribution in [0.2, 0.25) is 0 Å². The first kappa shape index (κ1) is 12.3. The van der Waals surface area contributed by atoms with E-state index in [2.05, 4.69) is 0 Å². The number of methoxy groups -OCH3 is 1.